The maximum Gasteiger partial charge on any atom is 0.234 e. The number of nitrogens with zero attached hydrogens (tertiary/aromatic N) is 2. The van der Waals surface area contributed by atoms with Gasteiger partial charge < -0.3 is 4.57 Å². The quantitative estimate of drug-likeness (QED) is 0.752. The molecule has 98 valence electrons. The summed E-state index contributed by atoms with van der Waals surface area (Å²) in [6.45, 7) is 4.97. The van der Waals surface area contributed by atoms with Crippen LogP contribution in [0.15, 0.2) is 12.5 Å². The minimum absolute atomic E-state index is 0. The molecule has 0 aliphatic carbocycles. The fourth-order valence-corrected chi connectivity index (χ4v) is 1.25. The van der Waals surface area contributed by atoms with Gasteiger partial charge in [0, 0.05) is 26.2 Å². The molecule has 0 aromatic carbocycles. The number of rotatable bonds is 6. The molecule has 1 amide bonds. The van der Waals surface area contributed by atoms with Crippen molar-refractivity contribution in [3.8, 4) is 0 Å². The molecule has 1 rings (SSSR count). The Hall–Kier alpha value is -1.07. The number of hydrazine groups is 1. The highest BCUT2D eigenvalue weighted by atomic mass is 35.5. The largest absolute Gasteiger partial charge is 0.340 e. The van der Waals surface area contributed by atoms with Crippen LogP contribution in [0, 0.1) is 5.92 Å². The fraction of sp³-hybridized carbons (Fsp3) is 0.636. The van der Waals surface area contributed by atoms with Crippen LogP contribution in [0.2, 0.25) is 0 Å². The third kappa shape index (κ3) is 6.97. The van der Waals surface area contributed by atoms with Crippen LogP contribution in [0.25, 0.3) is 0 Å². The number of nitrogens with one attached hydrogen (secondary N) is 2. The SMILES string of the molecule is CC(C)CNNC(=O)CCc1cn(C)cn1.Cl. The highest BCUT2D eigenvalue weighted by Crippen LogP contribution is 1.98. The van der Waals surface area contributed by atoms with Crippen molar-refractivity contribution in [2.45, 2.75) is 26.7 Å². The van der Waals surface area contributed by atoms with E-state index in [1.54, 1.807) is 6.33 Å². The monoisotopic (exact) mass is 260 g/mol. The van der Waals surface area contributed by atoms with Gasteiger partial charge in [-0.1, -0.05) is 13.8 Å². The summed E-state index contributed by atoms with van der Waals surface area (Å²) in [5.41, 5.74) is 6.51. The van der Waals surface area contributed by atoms with E-state index in [9.17, 15) is 4.79 Å². The summed E-state index contributed by atoms with van der Waals surface area (Å²) in [7, 11) is 1.92. The van der Waals surface area contributed by atoms with Crippen molar-refractivity contribution in [2.75, 3.05) is 6.54 Å². The van der Waals surface area contributed by atoms with E-state index in [0.29, 0.717) is 18.8 Å². The summed E-state index contributed by atoms with van der Waals surface area (Å²) in [5.74, 6) is 0.530. The number of hydrogen-bond acceptors (Lipinski definition) is 3. The first-order chi connectivity index (χ1) is 7.58. The van der Waals surface area contributed by atoms with Gasteiger partial charge >= 0.3 is 0 Å². The maximum atomic E-state index is 11.4. The molecule has 1 aromatic rings. The van der Waals surface area contributed by atoms with Crippen LogP contribution in [-0.2, 0) is 18.3 Å². The molecule has 0 bridgehead atoms. The van der Waals surface area contributed by atoms with Crippen LogP contribution >= 0.6 is 12.4 Å². The Bertz CT molecular complexity index is 338. The van der Waals surface area contributed by atoms with Crippen molar-refractivity contribution < 1.29 is 4.79 Å². The van der Waals surface area contributed by atoms with E-state index in [4.69, 9.17) is 0 Å². The van der Waals surface area contributed by atoms with E-state index >= 15 is 0 Å². The molecule has 0 saturated carbocycles. The van der Waals surface area contributed by atoms with Crippen LogP contribution in [-0.4, -0.2) is 22.0 Å². The van der Waals surface area contributed by atoms with Crippen LogP contribution in [0.5, 0.6) is 0 Å². The molecular weight excluding hydrogens is 240 g/mol. The van der Waals surface area contributed by atoms with Crippen molar-refractivity contribution in [1.29, 1.82) is 0 Å². The number of imidazole rings is 1. The molecule has 0 radical (unpaired) electrons. The number of halogens is 1. The van der Waals surface area contributed by atoms with Crippen LogP contribution < -0.4 is 10.9 Å². The molecule has 5 nitrogen and oxygen atoms in total. The Morgan fingerprint density at radius 2 is 2.24 bits per heavy atom. The summed E-state index contributed by atoms with van der Waals surface area (Å²) in [4.78, 5) is 15.6. The number of carbonyl (C=O) groups is 1. The van der Waals surface area contributed by atoms with Gasteiger partial charge in [-0.25, -0.2) is 10.4 Å². The number of hydrogen-bond donors (Lipinski definition) is 2. The third-order valence-electron chi connectivity index (χ3n) is 2.10. The van der Waals surface area contributed by atoms with Crippen LogP contribution in [0.4, 0.5) is 0 Å². The molecule has 0 aliphatic heterocycles. The smallest absolute Gasteiger partial charge is 0.234 e. The molecule has 2 N–H and O–H groups in total. The Morgan fingerprint density at radius 1 is 1.53 bits per heavy atom. The lowest BCUT2D eigenvalue weighted by molar-refractivity contribution is -0.122. The van der Waals surface area contributed by atoms with E-state index in [1.807, 2.05) is 17.8 Å². The highest BCUT2D eigenvalue weighted by Gasteiger charge is 2.03. The minimum atomic E-state index is 0. The van der Waals surface area contributed by atoms with Crippen LogP contribution in [0.1, 0.15) is 26.0 Å². The Morgan fingerprint density at radius 3 is 2.76 bits per heavy atom. The predicted molar refractivity (Wildman–Crippen MR) is 69.8 cm³/mol. The summed E-state index contributed by atoms with van der Waals surface area (Å²) < 4.78 is 1.88. The van der Waals surface area contributed by atoms with Crippen molar-refractivity contribution in [3.63, 3.8) is 0 Å². The van der Waals surface area contributed by atoms with E-state index in [0.717, 1.165) is 12.2 Å². The molecule has 1 aromatic heterocycles. The van der Waals surface area contributed by atoms with Gasteiger partial charge in [-0.2, -0.15) is 0 Å². The van der Waals surface area contributed by atoms with E-state index < -0.39 is 0 Å². The second kappa shape index (κ2) is 8.08. The van der Waals surface area contributed by atoms with Crippen molar-refractivity contribution >= 4 is 18.3 Å². The zero-order chi connectivity index (χ0) is 12.0. The molecule has 0 saturated heterocycles. The van der Waals surface area contributed by atoms with Crippen molar-refractivity contribution in [1.82, 2.24) is 20.4 Å². The van der Waals surface area contributed by atoms with Gasteiger partial charge in [0.05, 0.1) is 12.0 Å². The molecular formula is C11H21ClN4O. The molecule has 0 fully saturated rings. The van der Waals surface area contributed by atoms with Gasteiger partial charge in [0.25, 0.3) is 0 Å². The Kier molecular flexibility index (Phi) is 7.58. The lowest BCUT2D eigenvalue weighted by Crippen LogP contribution is -2.39. The number of carbonyl (C=O) groups excluding carboxylic acids is 1. The zero-order valence-corrected chi connectivity index (χ0v) is 11.4. The first-order valence-corrected chi connectivity index (χ1v) is 5.56. The average molecular weight is 261 g/mol. The molecule has 0 aliphatic rings. The van der Waals surface area contributed by atoms with Gasteiger partial charge in [-0.3, -0.25) is 10.2 Å². The molecule has 17 heavy (non-hydrogen) atoms. The molecule has 0 spiro atoms. The topological polar surface area (TPSA) is 58.9 Å². The number of aryl methyl sites for hydroxylation is 2. The van der Waals surface area contributed by atoms with E-state index in [1.165, 1.54) is 0 Å². The molecule has 0 atom stereocenters. The van der Waals surface area contributed by atoms with Crippen molar-refractivity contribution in [2.24, 2.45) is 13.0 Å². The average Bonchev–Trinajstić information content (AvgIpc) is 2.61. The minimum Gasteiger partial charge on any atom is -0.340 e. The van der Waals surface area contributed by atoms with Crippen molar-refractivity contribution in [3.05, 3.63) is 18.2 Å². The van der Waals surface area contributed by atoms with Gasteiger partial charge in [0.15, 0.2) is 0 Å². The highest BCUT2D eigenvalue weighted by molar-refractivity contribution is 5.85. The number of amides is 1. The first-order valence-electron chi connectivity index (χ1n) is 5.56. The van der Waals surface area contributed by atoms with Gasteiger partial charge in [-0.15, -0.1) is 12.4 Å². The first kappa shape index (κ1) is 15.9. The van der Waals surface area contributed by atoms with Gasteiger partial charge in [0.2, 0.25) is 5.91 Å². The second-order valence-corrected chi connectivity index (χ2v) is 4.35. The molecule has 6 heteroatoms. The maximum absolute atomic E-state index is 11.4. The summed E-state index contributed by atoms with van der Waals surface area (Å²) in [5, 5.41) is 0. The Balaban J connectivity index is 0.00000256. The predicted octanol–water partition coefficient (Wildman–Crippen LogP) is 1.05. The summed E-state index contributed by atoms with van der Waals surface area (Å²) in [6.07, 6.45) is 4.80. The normalized spacial score (nSPS) is 10.1. The third-order valence-corrected chi connectivity index (χ3v) is 2.10. The second-order valence-electron chi connectivity index (χ2n) is 4.35. The summed E-state index contributed by atoms with van der Waals surface area (Å²) >= 11 is 0. The van der Waals surface area contributed by atoms with E-state index in [-0.39, 0.29) is 18.3 Å². The molecule has 1 heterocycles. The Labute approximate surface area is 108 Å². The fourth-order valence-electron chi connectivity index (χ4n) is 1.25. The standard InChI is InChI=1S/C11H20N4O.ClH/c1-9(2)6-13-14-11(16)5-4-10-7-15(3)8-12-10;/h7-9,13H,4-6H2,1-3H3,(H,14,16);1H. The van der Waals surface area contributed by atoms with Gasteiger partial charge in [0.1, 0.15) is 0 Å². The lowest BCUT2D eigenvalue weighted by Gasteiger charge is -2.08. The lowest BCUT2D eigenvalue weighted by atomic mass is 10.2. The zero-order valence-electron chi connectivity index (χ0n) is 10.6. The van der Waals surface area contributed by atoms with E-state index in [2.05, 4.69) is 29.7 Å². The number of aromatic nitrogens is 2. The van der Waals surface area contributed by atoms with Gasteiger partial charge in [-0.05, 0) is 12.3 Å². The van der Waals surface area contributed by atoms with Crippen LogP contribution in [0.3, 0.4) is 0 Å². The summed E-state index contributed by atoms with van der Waals surface area (Å²) in [6, 6.07) is 0. The molecule has 0 unspecified atom stereocenters.